The van der Waals surface area contributed by atoms with Crippen LogP contribution in [0, 0.1) is 5.92 Å². The first-order valence-corrected chi connectivity index (χ1v) is 16.9. The van der Waals surface area contributed by atoms with Gasteiger partial charge < -0.3 is 54.0 Å². The molecule has 5 amide bonds. The molecule has 0 heterocycles. The average molecular weight is 726 g/mol. The number of nitrogens with zero attached hydrogens (tertiary/aromatic N) is 1. The first kappa shape index (κ1) is 42.5. The SMILES string of the molecule is CC(C)C[C@@H](NC(=O)[C@H](Cc1ccccc1)NC(=O)CNC(=O)[C@H](C)NC(=O)[C@@H](N)Cc1ccc(O)cc1)C(=O)N[C@@H](CCCN=C(N)N)C(=O)O. The van der Waals surface area contributed by atoms with E-state index in [1.807, 2.05) is 13.8 Å². The van der Waals surface area contributed by atoms with Gasteiger partial charge >= 0.3 is 5.97 Å². The summed E-state index contributed by atoms with van der Waals surface area (Å²) >= 11 is 0. The van der Waals surface area contributed by atoms with E-state index in [4.69, 9.17) is 17.2 Å². The minimum Gasteiger partial charge on any atom is -0.508 e. The van der Waals surface area contributed by atoms with Crippen LogP contribution in [-0.2, 0) is 41.6 Å². The lowest BCUT2D eigenvalue weighted by atomic mass is 10.0. The van der Waals surface area contributed by atoms with Crippen LogP contribution in [0.4, 0.5) is 0 Å². The summed E-state index contributed by atoms with van der Waals surface area (Å²) in [6.45, 7) is 4.71. The third kappa shape index (κ3) is 15.9. The molecule has 284 valence electrons. The van der Waals surface area contributed by atoms with Crippen LogP contribution in [0.25, 0.3) is 0 Å². The molecule has 17 heteroatoms. The fourth-order valence-electron chi connectivity index (χ4n) is 5.00. The number of benzene rings is 2. The van der Waals surface area contributed by atoms with Crippen LogP contribution in [0.3, 0.4) is 0 Å². The number of carboxylic acid groups (broad SMARTS) is 1. The van der Waals surface area contributed by atoms with Crippen LogP contribution in [0.1, 0.15) is 51.2 Å². The highest BCUT2D eigenvalue weighted by atomic mass is 16.4. The van der Waals surface area contributed by atoms with Crippen LogP contribution in [0.15, 0.2) is 59.6 Å². The van der Waals surface area contributed by atoms with Crippen molar-refractivity contribution >= 4 is 41.5 Å². The minimum atomic E-state index is -1.27. The zero-order chi connectivity index (χ0) is 38.8. The highest BCUT2D eigenvalue weighted by molar-refractivity contribution is 5.95. The van der Waals surface area contributed by atoms with Gasteiger partial charge in [0.15, 0.2) is 5.96 Å². The maximum atomic E-state index is 13.6. The molecule has 2 aromatic rings. The topological polar surface area (TPSA) is 293 Å². The number of hydrogen-bond acceptors (Lipinski definition) is 9. The zero-order valence-corrected chi connectivity index (χ0v) is 29.6. The van der Waals surface area contributed by atoms with E-state index in [0.29, 0.717) is 11.1 Å². The Morgan fingerprint density at radius 1 is 0.731 bits per heavy atom. The van der Waals surface area contributed by atoms with Crippen LogP contribution in [-0.4, -0.2) is 95.0 Å². The van der Waals surface area contributed by atoms with E-state index in [1.165, 1.54) is 19.1 Å². The number of amides is 5. The Hall–Kier alpha value is -5.71. The predicted octanol–water partition coefficient (Wildman–Crippen LogP) is -1.24. The number of guanidine groups is 1. The van der Waals surface area contributed by atoms with Gasteiger partial charge in [-0.2, -0.15) is 0 Å². The van der Waals surface area contributed by atoms with E-state index in [9.17, 15) is 39.0 Å². The van der Waals surface area contributed by atoms with Gasteiger partial charge in [0.05, 0.1) is 12.6 Å². The number of phenolic OH excluding ortho intramolecular Hbond substituents is 1. The maximum Gasteiger partial charge on any atom is 0.326 e. The van der Waals surface area contributed by atoms with E-state index < -0.39 is 72.3 Å². The first-order valence-electron chi connectivity index (χ1n) is 16.9. The number of nitrogens with two attached hydrogens (primary N) is 3. The van der Waals surface area contributed by atoms with Crippen molar-refractivity contribution in [2.24, 2.45) is 28.1 Å². The smallest absolute Gasteiger partial charge is 0.326 e. The molecular weight excluding hydrogens is 674 g/mol. The predicted molar refractivity (Wildman–Crippen MR) is 193 cm³/mol. The molecule has 52 heavy (non-hydrogen) atoms. The maximum absolute atomic E-state index is 13.6. The van der Waals surface area contributed by atoms with E-state index >= 15 is 0 Å². The number of carbonyl (C=O) groups is 6. The van der Waals surface area contributed by atoms with Crippen molar-refractivity contribution < 1.29 is 39.0 Å². The average Bonchev–Trinajstić information content (AvgIpc) is 3.08. The summed E-state index contributed by atoms with van der Waals surface area (Å²) in [4.78, 5) is 80.9. The van der Waals surface area contributed by atoms with Crippen molar-refractivity contribution in [2.75, 3.05) is 13.1 Å². The Morgan fingerprint density at radius 3 is 1.92 bits per heavy atom. The summed E-state index contributed by atoms with van der Waals surface area (Å²) < 4.78 is 0. The Labute approximate surface area is 302 Å². The number of hydrogen-bond donors (Lipinski definition) is 10. The van der Waals surface area contributed by atoms with Crippen LogP contribution in [0.2, 0.25) is 0 Å². The van der Waals surface area contributed by atoms with Crippen molar-refractivity contribution in [3.8, 4) is 5.75 Å². The van der Waals surface area contributed by atoms with Gasteiger partial charge in [0, 0.05) is 13.0 Å². The number of carboxylic acids is 1. The Balaban J connectivity index is 2.06. The third-order valence-electron chi connectivity index (χ3n) is 7.74. The number of aliphatic carboxylic acids is 1. The van der Waals surface area contributed by atoms with Gasteiger partial charge in [-0.05, 0) is 61.8 Å². The minimum absolute atomic E-state index is 0.0352. The quantitative estimate of drug-likeness (QED) is 0.0413. The standard InChI is InChI=1S/C35H51N9O8/c1-20(2)16-27(32(49)43-26(34(51)52)10-7-15-39-35(37)38)44-33(50)28(18-22-8-5-4-6-9-22)42-29(46)19-40-30(47)21(3)41-31(48)25(36)17-23-11-13-24(45)14-12-23/h4-6,8-9,11-14,20-21,25-28,45H,7,10,15-19,36H2,1-3H3,(H,40,47)(H,41,48)(H,42,46)(H,43,49)(H,44,50)(H,51,52)(H4,37,38,39)/t21-,25-,26-,27+,28-/m0/s1. The second kappa shape index (κ2) is 21.5. The highest BCUT2D eigenvalue weighted by Gasteiger charge is 2.30. The molecule has 0 aromatic heterocycles. The van der Waals surface area contributed by atoms with E-state index in [2.05, 4.69) is 31.6 Å². The number of rotatable bonds is 21. The summed E-state index contributed by atoms with van der Waals surface area (Å²) in [6, 6.07) is 9.37. The molecule has 5 atom stereocenters. The van der Waals surface area contributed by atoms with E-state index in [-0.39, 0.29) is 56.3 Å². The molecule has 0 aliphatic rings. The molecule has 2 aromatic carbocycles. The van der Waals surface area contributed by atoms with E-state index in [0.717, 1.165) is 0 Å². The van der Waals surface area contributed by atoms with Crippen molar-refractivity contribution in [1.82, 2.24) is 26.6 Å². The van der Waals surface area contributed by atoms with Crippen molar-refractivity contribution in [1.29, 1.82) is 0 Å². The number of nitrogens with one attached hydrogen (secondary N) is 5. The van der Waals surface area contributed by atoms with Gasteiger partial charge in [-0.1, -0.05) is 56.3 Å². The van der Waals surface area contributed by atoms with Crippen LogP contribution in [0.5, 0.6) is 5.75 Å². The number of aliphatic imine (C=N–C) groups is 1. The third-order valence-corrected chi connectivity index (χ3v) is 7.74. The molecule has 0 radical (unpaired) electrons. The van der Waals surface area contributed by atoms with Crippen molar-refractivity contribution in [3.63, 3.8) is 0 Å². The highest BCUT2D eigenvalue weighted by Crippen LogP contribution is 2.12. The summed E-state index contributed by atoms with van der Waals surface area (Å²) in [5.74, 6) is -4.83. The fraction of sp³-hybridized carbons (Fsp3) is 0.457. The largest absolute Gasteiger partial charge is 0.508 e. The second-order valence-corrected chi connectivity index (χ2v) is 12.8. The summed E-state index contributed by atoms with van der Waals surface area (Å²) in [7, 11) is 0. The van der Waals surface area contributed by atoms with Gasteiger partial charge in [0.1, 0.15) is 29.9 Å². The molecule has 0 fully saturated rings. The molecule has 2 rings (SSSR count). The second-order valence-electron chi connectivity index (χ2n) is 12.8. The van der Waals surface area contributed by atoms with Gasteiger partial charge in [0.2, 0.25) is 29.5 Å². The van der Waals surface area contributed by atoms with Gasteiger partial charge in [0.25, 0.3) is 0 Å². The molecule has 0 saturated carbocycles. The van der Waals surface area contributed by atoms with Crippen molar-refractivity contribution in [2.45, 2.75) is 83.1 Å². The molecule has 0 bridgehead atoms. The summed E-state index contributed by atoms with van der Waals surface area (Å²) in [5.41, 5.74) is 18.0. The van der Waals surface area contributed by atoms with Gasteiger partial charge in [-0.3, -0.25) is 29.0 Å². The molecule has 13 N–H and O–H groups in total. The van der Waals surface area contributed by atoms with Crippen LogP contribution >= 0.6 is 0 Å². The van der Waals surface area contributed by atoms with Gasteiger partial charge in [-0.25, -0.2) is 4.79 Å². The fourth-order valence-corrected chi connectivity index (χ4v) is 5.00. The lowest BCUT2D eigenvalue weighted by Gasteiger charge is -2.26. The molecular formula is C35H51N9O8. The monoisotopic (exact) mass is 725 g/mol. The summed E-state index contributed by atoms with van der Waals surface area (Å²) in [6.07, 6.45) is 0.679. The van der Waals surface area contributed by atoms with Crippen molar-refractivity contribution in [3.05, 3.63) is 65.7 Å². The lowest BCUT2D eigenvalue weighted by Crippen LogP contribution is -2.57. The number of aromatic hydroxyl groups is 1. The Morgan fingerprint density at radius 2 is 1.33 bits per heavy atom. The molecule has 0 unspecified atom stereocenters. The Bertz CT molecular complexity index is 1530. The normalized spacial score (nSPS) is 13.7. The molecule has 0 spiro atoms. The molecule has 0 aliphatic carbocycles. The van der Waals surface area contributed by atoms with Crippen LogP contribution < -0.4 is 43.8 Å². The molecule has 17 nitrogen and oxygen atoms in total. The number of carbonyl (C=O) groups excluding carboxylic acids is 5. The van der Waals surface area contributed by atoms with E-state index in [1.54, 1.807) is 42.5 Å². The summed E-state index contributed by atoms with van der Waals surface area (Å²) in [5, 5.41) is 31.8. The first-order chi connectivity index (χ1) is 24.5. The Kier molecular flexibility index (Phi) is 17.5. The zero-order valence-electron chi connectivity index (χ0n) is 29.6. The van der Waals surface area contributed by atoms with Gasteiger partial charge in [-0.15, -0.1) is 0 Å². The number of phenols is 1. The molecule has 0 aliphatic heterocycles. The molecule has 0 saturated heterocycles. The lowest BCUT2D eigenvalue weighted by molar-refractivity contribution is -0.142.